The van der Waals surface area contributed by atoms with Crippen LogP contribution in [0.15, 0.2) is 42.5 Å². The van der Waals surface area contributed by atoms with Crippen molar-refractivity contribution in [3.05, 3.63) is 63.7 Å². The van der Waals surface area contributed by atoms with Crippen LogP contribution in [0.4, 0.5) is 20.2 Å². The Balaban J connectivity index is 1.44. The van der Waals surface area contributed by atoms with Crippen LogP contribution in [0.1, 0.15) is 17.0 Å². The number of halogens is 2. The molecule has 25 heavy (non-hydrogen) atoms. The van der Waals surface area contributed by atoms with Crippen LogP contribution in [0.2, 0.25) is 0 Å². The lowest BCUT2D eigenvalue weighted by Gasteiger charge is -2.11. The number of benzene rings is 2. The number of hydrogen-bond donors (Lipinski definition) is 1. The molecule has 2 aliphatic rings. The number of nitro benzene ring substituents is 1. The third kappa shape index (κ3) is 2.90. The number of rotatable bonds is 6. The first-order valence-corrected chi connectivity index (χ1v) is 8.09. The Morgan fingerprint density at radius 2 is 2.08 bits per heavy atom. The average Bonchev–Trinajstić information content (AvgIpc) is 3.10. The predicted octanol–water partition coefficient (Wildman–Crippen LogP) is 4.19. The van der Waals surface area contributed by atoms with E-state index in [1.807, 2.05) is 6.07 Å². The van der Waals surface area contributed by atoms with Gasteiger partial charge in [0.25, 0.3) is 0 Å². The lowest BCUT2D eigenvalue weighted by Crippen LogP contribution is -2.09. The van der Waals surface area contributed by atoms with Gasteiger partial charge in [-0.2, -0.15) is 8.78 Å². The first-order valence-electron chi connectivity index (χ1n) is 8.09. The molecular weight excluding hydrogens is 330 g/mol. The molecule has 7 heteroatoms. The molecule has 3 atom stereocenters. The Morgan fingerprint density at radius 1 is 1.28 bits per heavy atom. The Kier molecular flexibility index (Phi) is 3.78. The summed E-state index contributed by atoms with van der Waals surface area (Å²) in [6.45, 7) is -2.40. The second kappa shape index (κ2) is 5.98. The van der Waals surface area contributed by atoms with E-state index in [1.165, 1.54) is 29.3 Å². The van der Waals surface area contributed by atoms with Crippen LogP contribution in [0, 0.1) is 22.0 Å². The van der Waals surface area contributed by atoms with E-state index in [4.69, 9.17) is 0 Å². The number of alkyl halides is 2. The molecule has 0 aromatic heterocycles. The molecule has 130 valence electrons. The Hall–Kier alpha value is -2.70. The minimum absolute atomic E-state index is 0.425. The van der Waals surface area contributed by atoms with Gasteiger partial charge in [-0.1, -0.05) is 24.3 Å². The molecule has 0 bridgehead atoms. The molecule has 0 spiro atoms. The highest BCUT2D eigenvalue weighted by molar-refractivity contribution is 5.58. The van der Waals surface area contributed by atoms with Crippen molar-refractivity contribution in [2.45, 2.75) is 19.0 Å². The Morgan fingerprint density at radius 3 is 2.84 bits per heavy atom. The topological polar surface area (TPSA) is 64.4 Å². The number of nitro groups is 1. The van der Waals surface area contributed by atoms with Gasteiger partial charge in [0.2, 0.25) is 5.75 Å². The fourth-order valence-electron chi connectivity index (χ4n) is 3.96. The van der Waals surface area contributed by atoms with Crippen LogP contribution in [-0.4, -0.2) is 18.1 Å². The molecule has 3 unspecified atom stereocenters. The van der Waals surface area contributed by atoms with Crippen molar-refractivity contribution >= 4 is 11.4 Å². The number of anilines is 1. The summed E-state index contributed by atoms with van der Waals surface area (Å²) in [6.07, 6.45) is 1.08. The van der Waals surface area contributed by atoms with Crippen molar-refractivity contribution in [1.82, 2.24) is 0 Å². The van der Waals surface area contributed by atoms with Crippen LogP contribution in [0.5, 0.6) is 5.75 Å². The molecule has 2 aromatic carbocycles. The second-order valence-electron chi connectivity index (χ2n) is 6.46. The third-order valence-electron chi connectivity index (χ3n) is 5.12. The highest BCUT2D eigenvalue weighted by Gasteiger charge is 2.54. The summed E-state index contributed by atoms with van der Waals surface area (Å²) in [5.41, 5.74) is 2.89. The van der Waals surface area contributed by atoms with Crippen LogP contribution < -0.4 is 10.1 Å². The van der Waals surface area contributed by atoms with Crippen LogP contribution in [-0.2, 0) is 6.42 Å². The number of nitrogens with one attached hydrogen (secondary N) is 1. The zero-order valence-electron chi connectivity index (χ0n) is 13.2. The van der Waals surface area contributed by atoms with E-state index >= 15 is 0 Å². The number of nitrogens with zero attached hydrogens (tertiary/aromatic N) is 1. The summed E-state index contributed by atoms with van der Waals surface area (Å²) >= 11 is 0. The molecular formula is C18H16F2N2O3. The monoisotopic (exact) mass is 346 g/mol. The van der Waals surface area contributed by atoms with Gasteiger partial charge in [0.15, 0.2) is 0 Å². The van der Waals surface area contributed by atoms with Gasteiger partial charge < -0.3 is 10.1 Å². The number of ether oxygens (including phenoxy) is 1. The summed E-state index contributed by atoms with van der Waals surface area (Å²) in [7, 11) is 0. The summed E-state index contributed by atoms with van der Waals surface area (Å²) < 4.78 is 29.2. The first kappa shape index (κ1) is 15.8. The maximum Gasteiger partial charge on any atom is 0.387 e. The van der Waals surface area contributed by atoms with Gasteiger partial charge in [-0.3, -0.25) is 10.1 Å². The zero-order valence-corrected chi connectivity index (χ0v) is 13.2. The maximum absolute atomic E-state index is 12.5. The van der Waals surface area contributed by atoms with Gasteiger partial charge in [-0.05, 0) is 41.4 Å². The highest BCUT2D eigenvalue weighted by atomic mass is 19.3. The molecule has 0 radical (unpaired) electrons. The van der Waals surface area contributed by atoms with Gasteiger partial charge in [-0.15, -0.1) is 0 Å². The Bertz CT molecular complexity index is 828. The fourth-order valence-corrected chi connectivity index (χ4v) is 3.96. The van der Waals surface area contributed by atoms with E-state index in [1.54, 1.807) is 0 Å². The normalized spacial score (nSPS) is 23.1. The number of fused-ring (bicyclic) bond motifs is 3. The largest absolute Gasteiger partial charge is 0.427 e. The third-order valence-corrected chi connectivity index (χ3v) is 5.12. The van der Waals surface area contributed by atoms with Gasteiger partial charge in [0.1, 0.15) is 0 Å². The van der Waals surface area contributed by atoms with Crippen LogP contribution >= 0.6 is 0 Å². The Labute approximate surface area is 142 Å². The van der Waals surface area contributed by atoms with Gasteiger partial charge in [0, 0.05) is 24.4 Å². The minimum atomic E-state index is -3.10. The predicted molar refractivity (Wildman–Crippen MR) is 88.1 cm³/mol. The molecule has 2 aromatic rings. The van der Waals surface area contributed by atoms with Gasteiger partial charge in [-0.25, -0.2) is 0 Å². The van der Waals surface area contributed by atoms with E-state index in [9.17, 15) is 18.9 Å². The van der Waals surface area contributed by atoms with E-state index in [0.717, 1.165) is 6.42 Å². The lowest BCUT2D eigenvalue weighted by molar-refractivity contribution is -0.386. The molecule has 1 N–H and O–H groups in total. The van der Waals surface area contributed by atoms with Crippen molar-refractivity contribution in [3.8, 4) is 5.75 Å². The van der Waals surface area contributed by atoms with E-state index < -0.39 is 23.0 Å². The quantitative estimate of drug-likeness (QED) is 0.629. The van der Waals surface area contributed by atoms with Gasteiger partial charge in [0.05, 0.1) is 4.92 Å². The molecule has 4 rings (SSSR count). The van der Waals surface area contributed by atoms with Crippen LogP contribution in [0.25, 0.3) is 0 Å². The summed E-state index contributed by atoms with van der Waals surface area (Å²) in [5.74, 6) is 1.26. The van der Waals surface area contributed by atoms with Gasteiger partial charge >= 0.3 is 12.3 Å². The summed E-state index contributed by atoms with van der Waals surface area (Å²) in [5, 5.41) is 14.1. The zero-order chi connectivity index (χ0) is 17.6. The summed E-state index contributed by atoms with van der Waals surface area (Å²) in [4.78, 5) is 10.2. The van der Waals surface area contributed by atoms with Crippen LogP contribution in [0.3, 0.4) is 0 Å². The maximum atomic E-state index is 12.5. The van der Waals surface area contributed by atoms with Crippen molar-refractivity contribution in [2.24, 2.45) is 11.8 Å². The summed E-state index contributed by atoms with van der Waals surface area (Å²) in [6, 6.07) is 12.4. The SMILES string of the molecule is O=[N+]([O-])c1ccc(NCC2C3Cc4ccccc4C23)cc1OC(F)F. The average molecular weight is 346 g/mol. The van der Waals surface area contributed by atoms with E-state index in [2.05, 4.69) is 28.3 Å². The molecule has 0 saturated heterocycles. The first-order chi connectivity index (χ1) is 12.0. The molecule has 0 amide bonds. The second-order valence-corrected chi connectivity index (χ2v) is 6.46. The van der Waals surface area contributed by atoms with Crippen molar-refractivity contribution in [1.29, 1.82) is 0 Å². The van der Waals surface area contributed by atoms with E-state index in [0.29, 0.717) is 30.0 Å². The molecule has 2 aliphatic carbocycles. The van der Waals surface area contributed by atoms with Crippen molar-refractivity contribution < 1.29 is 18.4 Å². The highest BCUT2D eigenvalue weighted by Crippen LogP contribution is 2.61. The molecule has 1 saturated carbocycles. The van der Waals surface area contributed by atoms with E-state index in [-0.39, 0.29) is 0 Å². The molecule has 0 heterocycles. The lowest BCUT2D eigenvalue weighted by atomic mass is 10.0. The molecule has 1 fully saturated rings. The number of hydrogen-bond acceptors (Lipinski definition) is 4. The standard InChI is InChI=1S/C18H16F2N2O3/c19-18(20)25-16-8-11(5-6-15(16)22(23)24)21-9-14-13-7-10-3-1-2-4-12(10)17(13)14/h1-6,8,13-14,17-18,21H,7,9H2. The minimum Gasteiger partial charge on any atom is -0.427 e. The molecule has 5 nitrogen and oxygen atoms in total. The van der Waals surface area contributed by atoms with Crippen molar-refractivity contribution in [3.63, 3.8) is 0 Å². The smallest absolute Gasteiger partial charge is 0.387 e. The fraction of sp³-hybridized carbons (Fsp3) is 0.333. The molecule has 0 aliphatic heterocycles. The van der Waals surface area contributed by atoms with Crippen molar-refractivity contribution in [2.75, 3.05) is 11.9 Å².